The molecule has 2 N–H and O–H groups in total. The number of carbonyl (C=O) groups is 1. The Morgan fingerprint density at radius 1 is 1.47 bits per heavy atom. The van der Waals surface area contributed by atoms with Gasteiger partial charge in [0, 0.05) is 18.5 Å². The number of hydrogen-bond donors (Lipinski definition) is 2. The van der Waals surface area contributed by atoms with Crippen molar-refractivity contribution in [2.45, 2.75) is 58.0 Å². The van der Waals surface area contributed by atoms with Crippen molar-refractivity contribution in [1.82, 2.24) is 10.6 Å². The summed E-state index contributed by atoms with van der Waals surface area (Å²) >= 11 is 0. The Bertz CT molecular complexity index is 283. The first-order valence-corrected chi connectivity index (χ1v) is 6.56. The smallest absolute Gasteiger partial charge is 0.220 e. The number of nitrogens with zero attached hydrogens (tertiary/aromatic N) is 1. The summed E-state index contributed by atoms with van der Waals surface area (Å²) in [6.45, 7) is 5.06. The molecule has 1 aliphatic rings. The van der Waals surface area contributed by atoms with E-state index >= 15 is 0 Å². The minimum atomic E-state index is 0.0211. The summed E-state index contributed by atoms with van der Waals surface area (Å²) in [6.07, 6.45) is 4.34. The van der Waals surface area contributed by atoms with Gasteiger partial charge in [-0.25, -0.2) is 0 Å². The van der Waals surface area contributed by atoms with Gasteiger partial charge in [-0.05, 0) is 32.2 Å². The molecule has 1 rings (SSSR count). The number of amides is 1. The SMILES string of the molecule is CC(C)NCCCC(=O)NC1CCCC1C#N. The van der Waals surface area contributed by atoms with Crippen LogP contribution in [0.15, 0.2) is 0 Å². The Hall–Kier alpha value is -1.08. The summed E-state index contributed by atoms with van der Waals surface area (Å²) < 4.78 is 0. The Morgan fingerprint density at radius 2 is 2.24 bits per heavy atom. The molecule has 0 aromatic heterocycles. The molecular weight excluding hydrogens is 214 g/mol. The monoisotopic (exact) mass is 237 g/mol. The molecule has 1 fully saturated rings. The van der Waals surface area contributed by atoms with Crippen molar-refractivity contribution in [3.8, 4) is 6.07 Å². The van der Waals surface area contributed by atoms with Crippen molar-refractivity contribution in [2.24, 2.45) is 5.92 Å². The zero-order chi connectivity index (χ0) is 12.7. The molecule has 0 saturated heterocycles. The molecule has 0 bridgehead atoms. The summed E-state index contributed by atoms with van der Waals surface area (Å²) in [5.74, 6) is 0.107. The van der Waals surface area contributed by atoms with Gasteiger partial charge < -0.3 is 10.6 Å². The molecular formula is C13H23N3O. The topological polar surface area (TPSA) is 64.9 Å². The predicted octanol–water partition coefficient (Wildman–Crippen LogP) is 1.57. The van der Waals surface area contributed by atoms with Crippen molar-refractivity contribution < 1.29 is 4.79 Å². The zero-order valence-corrected chi connectivity index (χ0v) is 10.8. The fraction of sp³-hybridized carbons (Fsp3) is 0.846. The summed E-state index contributed by atoms with van der Waals surface area (Å²) in [6, 6.07) is 2.83. The number of nitrogens with one attached hydrogen (secondary N) is 2. The van der Waals surface area contributed by atoms with Gasteiger partial charge in [-0.2, -0.15) is 5.26 Å². The molecule has 17 heavy (non-hydrogen) atoms. The number of hydrogen-bond acceptors (Lipinski definition) is 3. The van der Waals surface area contributed by atoms with Crippen LogP contribution in [0.2, 0.25) is 0 Å². The van der Waals surface area contributed by atoms with Crippen LogP contribution >= 0.6 is 0 Å². The van der Waals surface area contributed by atoms with Crippen molar-refractivity contribution in [1.29, 1.82) is 5.26 Å². The van der Waals surface area contributed by atoms with Crippen molar-refractivity contribution >= 4 is 5.91 Å². The van der Waals surface area contributed by atoms with E-state index in [1.807, 2.05) is 0 Å². The Morgan fingerprint density at radius 3 is 2.88 bits per heavy atom. The molecule has 4 heteroatoms. The molecule has 2 unspecified atom stereocenters. The highest BCUT2D eigenvalue weighted by atomic mass is 16.1. The number of nitriles is 1. The standard InChI is InChI=1S/C13H23N3O/c1-10(2)15-8-4-7-13(17)16-12-6-3-5-11(12)9-14/h10-12,15H,3-8H2,1-2H3,(H,16,17). The molecule has 4 nitrogen and oxygen atoms in total. The largest absolute Gasteiger partial charge is 0.352 e. The maximum Gasteiger partial charge on any atom is 0.220 e. The second-order valence-corrected chi connectivity index (χ2v) is 5.05. The van der Waals surface area contributed by atoms with Crippen molar-refractivity contribution in [2.75, 3.05) is 6.54 Å². The average Bonchev–Trinajstić information content (AvgIpc) is 2.71. The fourth-order valence-electron chi connectivity index (χ4n) is 2.21. The minimum Gasteiger partial charge on any atom is -0.352 e. The molecule has 1 amide bonds. The van der Waals surface area contributed by atoms with E-state index in [1.165, 1.54) is 0 Å². The maximum atomic E-state index is 11.7. The highest BCUT2D eigenvalue weighted by Crippen LogP contribution is 2.24. The molecule has 0 aliphatic heterocycles. The van der Waals surface area contributed by atoms with E-state index in [1.54, 1.807) is 0 Å². The van der Waals surface area contributed by atoms with Gasteiger partial charge in [-0.3, -0.25) is 4.79 Å². The lowest BCUT2D eigenvalue weighted by Crippen LogP contribution is -2.37. The average molecular weight is 237 g/mol. The first-order valence-electron chi connectivity index (χ1n) is 6.56. The lowest BCUT2D eigenvalue weighted by molar-refractivity contribution is -0.122. The van der Waals surface area contributed by atoms with E-state index < -0.39 is 0 Å². The van der Waals surface area contributed by atoms with Gasteiger partial charge in [0.25, 0.3) is 0 Å². The maximum absolute atomic E-state index is 11.7. The van der Waals surface area contributed by atoms with Gasteiger partial charge in [0.2, 0.25) is 5.91 Å². The zero-order valence-electron chi connectivity index (χ0n) is 10.8. The number of carbonyl (C=O) groups excluding carboxylic acids is 1. The molecule has 2 atom stereocenters. The Labute approximate surface area is 104 Å². The van der Waals surface area contributed by atoms with E-state index in [0.29, 0.717) is 12.5 Å². The van der Waals surface area contributed by atoms with Crippen LogP contribution in [0.1, 0.15) is 46.0 Å². The lowest BCUT2D eigenvalue weighted by atomic mass is 10.1. The summed E-state index contributed by atoms with van der Waals surface area (Å²) in [4.78, 5) is 11.7. The first kappa shape index (κ1) is 14.0. The Kier molecular flexibility index (Phi) is 5.99. The van der Waals surface area contributed by atoms with Crippen molar-refractivity contribution in [3.63, 3.8) is 0 Å². The van der Waals surface area contributed by atoms with Crippen LogP contribution < -0.4 is 10.6 Å². The summed E-state index contributed by atoms with van der Waals surface area (Å²) in [5, 5.41) is 15.2. The van der Waals surface area contributed by atoms with Crippen LogP contribution in [0.5, 0.6) is 0 Å². The third kappa shape index (κ3) is 5.18. The van der Waals surface area contributed by atoms with Gasteiger partial charge in [0.05, 0.1) is 12.0 Å². The highest BCUT2D eigenvalue weighted by Gasteiger charge is 2.27. The van der Waals surface area contributed by atoms with Crippen LogP contribution in [-0.4, -0.2) is 24.5 Å². The lowest BCUT2D eigenvalue weighted by Gasteiger charge is -2.15. The van der Waals surface area contributed by atoms with Gasteiger partial charge in [-0.15, -0.1) is 0 Å². The molecule has 1 aliphatic carbocycles. The number of rotatable bonds is 6. The van der Waals surface area contributed by atoms with Gasteiger partial charge in [-0.1, -0.05) is 13.8 Å². The molecule has 96 valence electrons. The van der Waals surface area contributed by atoms with Crippen LogP contribution in [0.25, 0.3) is 0 Å². The molecule has 0 heterocycles. The molecule has 0 spiro atoms. The molecule has 1 saturated carbocycles. The van der Waals surface area contributed by atoms with E-state index in [9.17, 15) is 4.79 Å². The third-order valence-corrected chi connectivity index (χ3v) is 3.16. The second kappa shape index (κ2) is 7.29. The quantitative estimate of drug-likeness (QED) is 0.689. The molecule has 0 radical (unpaired) electrons. The normalized spacial score (nSPS) is 23.6. The Balaban J connectivity index is 2.14. The van der Waals surface area contributed by atoms with E-state index in [4.69, 9.17) is 5.26 Å². The molecule has 0 aromatic rings. The van der Waals surface area contributed by atoms with E-state index in [2.05, 4.69) is 30.6 Å². The van der Waals surface area contributed by atoms with Gasteiger partial charge in [0.1, 0.15) is 0 Å². The van der Waals surface area contributed by atoms with Crippen LogP contribution in [-0.2, 0) is 4.79 Å². The first-order chi connectivity index (χ1) is 8.13. The van der Waals surface area contributed by atoms with Crippen LogP contribution in [0.4, 0.5) is 0 Å². The fourth-order valence-corrected chi connectivity index (χ4v) is 2.21. The predicted molar refractivity (Wildman–Crippen MR) is 67.3 cm³/mol. The second-order valence-electron chi connectivity index (χ2n) is 5.05. The van der Waals surface area contributed by atoms with Crippen LogP contribution in [0.3, 0.4) is 0 Å². The van der Waals surface area contributed by atoms with Crippen molar-refractivity contribution in [3.05, 3.63) is 0 Å². The highest BCUT2D eigenvalue weighted by molar-refractivity contribution is 5.76. The third-order valence-electron chi connectivity index (χ3n) is 3.16. The molecule has 0 aromatic carbocycles. The van der Waals surface area contributed by atoms with Crippen LogP contribution in [0, 0.1) is 17.2 Å². The van der Waals surface area contributed by atoms with Gasteiger partial charge >= 0.3 is 0 Å². The minimum absolute atomic E-state index is 0.0211. The van der Waals surface area contributed by atoms with E-state index in [0.717, 1.165) is 32.2 Å². The summed E-state index contributed by atoms with van der Waals surface area (Å²) in [7, 11) is 0. The van der Waals surface area contributed by atoms with Gasteiger partial charge in [0.15, 0.2) is 0 Å². The van der Waals surface area contributed by atoms with E-state index in [-0.39, 0.29) is 17.9 Å². The summed E-state index contributed by atoms with van der Waals surface area (Å²) in [5.41, 5.74) is 0.